The predicted molar refractivity (Wildman–Crippen MR) is 132 cm³/mol. The molecule has 2 aromatic heterocycles. The highest BCUT2D eigenvalue weighted by atomic mass is 32.2. The van der Waals surface area contributed by atoms with Gasteiger partial charge in [0, 0.05) is 23.3 Å². The molecule has 2 atom stereocenters. The highest BCUT2D eigenvalue weighted by Gasteiger charge is 2.59. The van der Waals surface area contributed by atoms with Crippen molar-refractivity contribution in [1.82, 2.24) is 19.9 Å². The second-order valence-corrected chi connectivity index (χ2v) is 10.2. The van der Waals surface area contributed by atoms with Crippen LogP contribution in [0.5, 0.6) is 0 Å². The van der Waals surface area contributed by atoms with Crippen LogP contribution in [0.4, 0.5) is 19.1 Å². The van der Waals surface area contributed by atoms with Gasteiger partial charge >= 0.3 is 0 Å². The quantitative estimate of drug-likeness (QED) is 0.502. The van der Waals surface area contributed by atoms with Crippen LogP contribution in [-0.2, 0) is 5.54 Å². The Hall–Kier alpha value is -3.78. The number of benzene rings is 1. The van der Waals surface area contributed by atoms with Gasteiger partial charge in [-0.3, -0.25) is 4.99 Å². The lowest BCUT2D eigenvalue weighted by atomic mass is 9.70. The molecular weight excluding hydrogens is 487 g/mol. The summed E-state index contributed by atoms with van der Waals surface area (Å²) < 4.78 is 43.8. The number of hydrogen-bond donors (Lipinski definition) is 0. The van der Waals surface area contributed by atoms with Gasteiger partial charge in [-0.2, -0.15) is 5.26 Å². The van der Waals surface area contributed by atoms with Crippen LogP contribution in [0.1, 0.15) is 36.4 Å². The fourth-order valence-corrected chi connectivity index (χ4v) is 5.81. The zero-order chi connectivity index (χ0) is 25.5. The molecule has 0 saturated carbocycles. The molecule has 0 radical (unpaired) electrons. The molecule has 182 valence electrons. The molecule has 5 rings (SSSR count). The Kier molecular flexibility index (Phi) is 6.00. The normalized spacial score (nSPS) is 23.7. The highest BCUT2D eigenvalue weighted by Crippen LogP contribution is 2.55. The Morgan fingerprint density at radius 1 is 1.11 bits per heavy atom. The van der Waals surface area contributed by atoms with Crippen LogP contribution in [0.3, 0.4) is 0 Å². The van der Waals surface area contributed by atoms with Crippen LogP contribution < -0.4 is 4.90 Å². The van der Waals surface area contributed by atoms with E-state index >= 15 is 4.39 Å². The van der Waals surface area contributed by atoms with E-state index < -0.39 is 28.4 Å². The average molecular weight is 508 g/mol. The minimum absolute atomic E-state index is 0.0358. The summed E-state index contributed by atoms with van der Waals surface area (Å²) in [4.78, 5) is 22.9. The van der Waals surface area contributed by atoms with E-state index in [1.807, 2.05) is 24.8 Å². The molecule has 0 spiro atoms. The van der Waals surface area contributed by atoms with E-state index in [0.29, 0.717) is 29.4 Å². The number of thioether (sulfide) groups is 1. The molecule has 36 heavy (non-hydrogen) atoms. The van der Waals surface area contributed by atoms with Gasteiger partial charge in [-0.25, -0.2) is 33.1 Å². The first kappa shape index (κ1) is 23.9. The van der Waals surface area contributed by atoms with Crippen LogP contribution in [0.15, 0.2) is 48.0 Å². The van der Waals surface area contributed by atoms with Gasteiger partial charge in [-0.05, 0) is 30.7 Å². The van der Waals surface area contributed by atoms with Crippen LogP contribution in [0.25, 0.3) is 11.9 Å². The molecule has 2 aliphatic rings. The summed E-state index contributed by atoms with van der Waals surface area (Å²) in [6.45, 7) is 4.68. The molecular formula is C25H20F3N7S. The number of hydrogen-bond acceptors (Lipinski definition) is 8. The topological polar surface area (TPSA) is 91.0 Å². The fourth-order valence-electron chi connectivity index (χ4n) is 4.73. The largest absolute Gasteiger partial charge is 0.337 e. The molecule has 1 aromatic carbocycles. The monoisotopic (exact) mass is 507 g/mol. The number of anilines is 1. The second-order valence-electron chi connectivity index (χ2n) is 9.03. The summed E-state index contributed by atoms with van der Waals surface area (Å²) in [6, 6.07) is 6.22. The Morgan fingerprint density at radius 2 is 1.89 bits per heavy atom. The summed E-state index contributed by atoms with van der Waals surface area (Å²) in [7, 11) is 0. The minimum Gasteiger partial charge on any atom is -0.337 e. The molecule has 1 saturated heterocycles. The van der Waals surface area contributed by atoms with Gasteiger partial charge in [0.05, 0.1) is 36.4 Å². The number of rotatable bonds is 4. The van der Waals surface area contributed by atoms with E-state index in [1.54, 1.807) is 17.8 Å². The number of halogens is 3. The van der Waals surface area contributed by atoms with Crippen molar-refractivity contribution in [3.8, 4) is 6.07 Å². The van der Waals surface area contributed by atoms with Crippen molar-refractivity contribution < 1.29 is 13.2 Å². The molecule has 3 aromatic rings. The number of aliphatic imine (C=N–C) groups is 1. The van der Waals surface area contributed by atoms with Crippen LogP contribution in [-0.4, -0.2) is 43.8 Å². The SMILES string of the molecule is CC1=N[C@@]2(c3cc(/C=C(\F)c4cnc(C#N)cn4)ccc3F)CN(c3ncc(F)cn3)C[C@@]2(C)CS1. The predicted octanol–water partition coefficient (Wildman–Crippen LogP) is 4.77. The molecule has 0 unspecified atom stereocenters. The van der Waals surface area contributed by atoms with Gasteiger partial charge in [0.25, 0.3) is 0 Å². The third kappa shape index (κ3) is 4.11. The number of nitrogens with zero attached hydrogens (tertiary/aromatic N) is 7. The molecule has 0 bridgehead atoms. The van der Waals surface area contributed by atoms with Crippen molar-refractivity contribution in [3.63, 3.8) is 0 Å². The van der Waals surface area contributed by atoms with Crippen LogP contribution in [0, 0.1) is 28.4 Å². The summed E-state index contributed by atoms with van der Waals surface area (Å²) in [5.74, 6) is -0.653. The Bertz CT molecular complexity index is 1420. The Labute approximate surface area is 209 Å². The van der Waals surface area contributed by atoms with Gasteiger partial charge in [0.1, 0.15) is 23.1 Å². The molecule has 4 heterocycles. The Morgan fingerprint density at radius 3 is 2.58 bits per heavy atom. The first-order chi connectivity index (χ1) is 17.2. The first-order valence-corrected chi connectivity index (χ1v) is 12.0. The zero-order valence-electron chi connectivity index (χ0n) is 19.4. The molecule has 0 aliphatic carbocycles. The maximum absolute atomic E-state index is 15.5. The van der Waals surface area contributed by atoms with Gasteiger partial charge < -0.3 is 4.90 Å². The molecule has 11 heteroatoms. The van der Waals surface area contributed by atoms with Crippen molar-refractivity contribution in [2.45, 2.75) is 19.4 Å². The van der Waals surface area contributed by atoms with Crippen LogP contribution >= 0.6 is 11.8 Å². The molecule has 1 fully saturated rings. The third-order valence-corrected chi connectivity index (χ3v) is 7.83. The summed E-state index contributed by atoms with van der Waals surface area (Å²) >= 11 is 1.60. The Balaban J connectivity index is 1.58. The van der Waals surface area contributed by atoms with E-state index in [1.165, 1.54) is 30.6 Å². The van der Waals surface area contributed by atoms with Gasteiger partial charge in [-0.1, -0.05) is 13.0 Å². The third-order valence-electron chi connectivity index (χ3n) is 6.54. The smallest absolute Gasteiger partial charge is 0.225 e. The second kappa shape index (κ2) is 9.02. The van der Waals surface area contributed by atoms with Gasteiger partial charge in [0.2, 0.25) is 5.95 Å². The van der Waals surface area contributed by atoms with Gasteiger partial charge in [-0.15, -0.1) is 11.8 Å². The number of fused-ring (bicyclic) bond motifs is 1. The average Bonchev–Trinajstić information content (AvgIpc) is 3.19. The molecule has 2 aliphatic heterocycles. The lowest BCUT2D eigenvalue weighted by molar-refractivity contribution is 0.238. The van der Waals surface area contributed by atoms with E-state index in [0.717, 1.165) is 17.4 Å². The molecule has 0 amide bonds. The maximum atomic E-state index is 15.5. The van der Waals surface area contributed by atoms with E-state index in [-0.39, 0.29) is 17.9 Å². The van der Waals surface area contributed by atoms with Crippen molar-refractivity contribution in [1.29, 1.82) is 5.26 Å². The van der Waals surface area contributed by atoms with Crippen LogP contribution in [0.2, 0.25) is 0 Å². The zero-order valence-corrected chi connectivity index (χ0v) is 20.2. The molecule has 0 N–H and O–H groups in total. The highest BCUT2D eigenvalue weighted by molar-refractivity contribution is 8.13. The summed E-state index contributed by atoms with van der Waals surface area (Å²) in [5, 5.41) is 9.68. The maximum Gasteiger partial charge on any atom is 0.225 e. The fraction of sp³-hybridized carbons (Fsp3) is 0.280. The van der Waals surface area contributed by atoms with Crippen molar-refractivity contribution >= 4 is 34.7 Å². The standard InChI is InChI=1S/C25H20F3N7S/c1-15-34-25(13-35(12-24(25,2)14-36-15)23-32-8-17(26)9-33-23)19-5-16(3-4-20(19)27)6-21(28)22-11-30-18(7-29)10-31-22/h3-6,8-11H,12-14H2,1-2H3/b21-6-/t24-,25+/m0/s1. The first-order valence-electron chi connectivity index (χ1n) is 11.0. The number of aromatic nitrogens is 4. The molecule has 7 nitrogen and oxygen atoms in total. The summed E-state index contributed by atoms with van der Waals surface area (Å²) in [6.07, 6.45) is 5.81. The lowest BCUT2D eigenvalue weighted by Crippen LogP contribution is -2.46. The van der Waals surface area contributed by atoms with E-state index in [4.69, 9.17) is 10.3 Å². The number of nitriles is 1. The van der Waals surface area contributed by atoms with Crippen molar-refractivity contribution in [3.05, 3.63) is 77.1 Å². The van der Waals surface area contributed by atoms with E-state index in [2.05, 4.69) is 19.9 Å². The van der Waals surface area contributed by atoms with Crippen molar-refractivity contribution in [2.24, 2.45) is 10.4 Å². The summed E-state index contributed by atoms with van der Waals surface area (Å²) in [5.41, 5.74) is -0.691. The van der Waals surface area contributed by atoms with Gasteiger partial charge in [0.15, 0.2) is 17.3 Å². The lowest BCUT2D eigenvalue weighted by Gasteiger charge is -2.43. The van der Waals surface area contributed by atoms with Crippen molar-refractivity contribution in [2.75, 3.05) is 23.7 Å². The minimum atomic E-state index is -0.987. The van der Waals surface area contributed by atoms with E-state index in [9.17, 15) is 8.78 Å².